The number of halogens is 1. The van der Waals surface area contributed by atoms with Crippen LogP contribution in [0.2, 0.25) is 0 Å². The third-order valence-electron chi connectivity index (χ3n) is 2.74. The third-order valence-corrected chi connectivity index (χ3v) is 2.74. The monoisotopic (exact) mass is 250 g/mol. The minimum atomic E-state index is -0.793. The van der Waals surface area contributed by atoms with Crippen LogP contribution in [0.5, 0.6) is 0 Å². The SMILES string of the molecule is CC(C)[NH+]1CCN(C(=O)NC(N)=O)CC1.[Cl-]. The molecule has 0 radical (unpaired) electrons. The number of hydrogen-bond acceptors (Lipinski definition) is 2. The maximum absolute atomic E-state index is 11.4. The molecular weight excluding hydrogens is 232 g/mol. The zero-order chi connectivity index (χ0) is 11.4. The average Bonchev–Trinajstić information content (AvgIpc) is 2.17. The van der Waals surface area contributed by atoms with Gasteiger partial charge >= 0.3 is 12.1 Å². The molecule has 94 valence electrons. The van der Waals surface area contributed by atoms with Gasteiger partial charge in [-0.05, 0) is 13.8 Å². The summed E-state index contributed by atoms with van der Waals surface area (Å²) < 4.78 is 0. The number of carbonyl (C=O) groups excluding carboxylic acids is 2. The number of nitrogens with one attached hydrogen (secondary N) is 2. The Morgan fingerprint density at radius 3 is 2.19 bits per heavy atom. The lowest BCUT2D eigenvalue weighted by Gasteiger charge is -2.33. The molecule has 4 amide bonds. The number of primary amides is 1. The molecule has 0 aromatic rings. The first kappa shape index (κ1) is 15.0. The molecule has 16 heavy (non-hydrogen) atoms. The maximum Gasteiger partial charge on any atom is 0.325 e. The van der Waals surface area contributed by atoms with Crippen LogP contribution in [0.4, 0.5) is 9.59 Å². The van der Waals surface area contributed by atoms with Gasteiger partial charge in [-0.25, -0.2) is 9.59 Å². The van der Waals surface area contributed by atoms with Crippen molar-refractivity contribution in [3.63, 3.8) is 0 Å². The molecule has 6 nitrogen and oxygen atoms in total. The lowest BCUT2D eigenvalue weighted by atomic mass is 10.2. The molecule has 0 bridgehead atoms. The highest BCUT2D eigenvalue weighted by atomic mass is 35.5. The molecule has 0 aliphatic carbocycles. The van der Waals surface area contributed by atoms with Crippen LogP contribution in [0, 0.1) is 0 Å². The van der Waals surface area contributed by atoms with E-state index >= 15 is 0 Å². The zero-order valence-corrected chi connectivity index (χ0v) is 10.4. The summed E-state index contributed by atoms with van der Waals surface area (Å²) in [7, 11) is 0. The highest BCUT2D eigenvalue weighted by Crippen LogP contribution is 1.91. The van der Waals surface area contributed by atoms with Crippen molar-refractivity contribution in [1.29, 1.82) is 0 Å². The lowest BCUT2D eigenvalue weighted by Crippen LogP contribution is -3.17. The number of quaternary nitrogens is 1. The first-order chi connectivity index (χ1) is 7.00. The number of carbonyl (C=O) groups is 2. The van der Waals surface area contributed by atoms with Gasteiger partial charge in [0.15, 0.2) is 0 Å². The Kier molecular flexibility index (Phi) is 6.13. The normalized spacial score (nSPS) is 16.8. The van der Waals surface area contributed by atoms with E-state index in [2.05, 4.69) is 19.2 Å². The largest absolute Gasteiger partial charge is 1.00 e. The standard InChI is InChI=1S/C9H18N4O2.ClH/c1-7(2)12-3-5-13(6-4-12)9(15)11-8(10)14;/h7H,3-6H2,1-2H3,(H3,10,11,14,15);1H. The molecule has 0 aromatic carbocycles. The minimum Gasteiger partial charge on any atom is -1.00 e. The van der Waals surface area contributed by atoms with Crippen molar-refractivity contribution in [2.45, 2.75) is 19.9 Å². The molecule has 1 aliphatic heterocycles. The van der Waals surface area contributed by atoms with E-state index in [-0.39, 0.29) is 18.4 Å². The summed E-state index contributed by atoms with van der Waals surface area (Å²) in [5.74, 6) is 0. The third kappa shape index (κ3) is 4.24. The van der Waals surface area contributed by atoms with E-state index in [1.807, 2.05) is 0 Å². The summed E-state index contributed by atoms with van der Waals surface area (Å²) >= 11 is 0. The molecule has 0 spiro atoms. The number of urea groups is 2. The van der Waals surface area contributed by atoms with Gasteiger partial charge in [0.1, 0.15) is 0 Å². The Labute approximate surface area is 102 Å². The van der Waals surface area contributed by atoms with E-state index in [0.29, 0.717) is 19.1 Å². The quantitative estimate of drug-likeness (QED) is 0.438. The van der Waals surface area contributed by atoms with Gasteiger partial charge in [-0.3, -0.25) is 5.32 Å². The fourth-order valence-electron chi connectivity index (χ4n) is 1.76. The first-order valence-corrected chi connectivity index (χ1v) is 5.20. The van der Waals surface area contributed by atoms with Crippen molar-refractivity contribution in [2.75, 3.05) is 26.2 Å². The number of piperazine rings is 1. The van der Waals surface area contributed by atoms with E-state index in [1.54, 1.807) is 4.90 Å². The Morgan fingerprint density at radius 1 is 1.31 bits per heavy atom. The Morgan fingerprint density at radius 2 is 1.81 bits per heavy atom. The van der Waals surface area contributed by atoms with Gasteiger partial charge in [-0.15, -0.1) is 0 Å². The highest BCUT2D eigenvalue weighted by Gasteiger charge is 2.25. The van der Waals surface area contributed by atoms with Crippen LogP contribution in [0.3, 0.4) is 0 Å². The van der Waals surface area contributed by atoms with E-state index in [0.717, 1.165) is 13.1 Å². The second kappa shape index (κ2) is 6.55. The summed E-state index contributed by atoms with van der Waals surface area (Å²) in [6, 6.07) is -0.602. The Bertz CT molecular complexity index is 252. The van der Waals surface area contributed by atoms with Gasteiger partial charge in [0, 0.05) is 0 Å². The second-order valence-electron chi connectivity index (χ2n) is 4.09. The number of amides is 4. The van der Waals surface area contributed by atoms with Crippen LogP contribution in [-0.4, -0.2) is 49.2 Å². The molecular formula is C9H19ClN4O2. The van der Waals surface area contributed by atoms with Crippen LogP contribution < -0.4 is 28.4 Å². The lowest BCUT2D eigenvalue weighted by molar-refractivity contribution is -0.925. The molecule has 1 rings (SSSR count). The molecule has 1 fully saturated rings. The van der Waals surface area contributed by atoms with Crippen molar-refractivity contribution >= 4 is 12.1 Å². The molecule has 7 heteroatoms. The number of rotatable bonds is 1. The second-order valence-corrected chi connectivity index (χ2v) is 4.09. The molecule has 1 heterocycles. The van der Waals surface area contributed by atoms with Crippen molar-refractivity contribution < 1.29 is 26.9 Å². The van der Waals surface area contributed by atoms with Crippen molar-refractivity contribution in [3.05, 3.63) is 0 Å². The molecule has 0 atom stereocenters. The predicted molar refractivity (Wildman–Crippen MR) is 55.5 cm³/mol. The molecule has 0 unspecified atom stereocenters. The van der Waals surface area contributed by atoms with Gasteiger partial charge in [-0.1, -0.05) is 0 Å². The van der Waals surface area contributed by atoms with Crippen LogP contribution in [0.15, 0.2) is 0 Å². The Balaban J connectivity index is 0.00000225. The van der Waals surface area contributed by atoms with Crippen LogP contribution in [0.25, 0.3) is 0 Å². The van der Waals surface area contributed by atoms with Crippen molar-refractivity contribution in [1.82, 2.24) is 10.2 Å². The number of nitrogens with two attached hydrogens (primary N) is 1. The summed E-state index contributed by atoms with van der Waals surface area (Å²) in [6.07, 6.45) is 0. The van der Waals surface area contributed by atoms with Crippen LogP contribution in [-0.2, 0) is 0 Å². The first-order valence-electron chi connectivity index (χ1n) is 5.20. The highest BCUT2D eigenvalue weighted by molar-refractivity contribution is 5.92. The minimum absolute atomic E-state index is 0. The number of hydrogen-bond donors (Lipinski definition) is 3. The van der Waals surface area contributed by atoms with E-state index in [4.69, 9.17) is 5.73 Å². The fourth-order valence-corrected chi connectivity index (χ4v) is 1.76. The van der Waals surface area contributed by atoms with Crippen LogP contribution in [0.1, 0.15) is 13.8 Å². The van der Waals surface area contributed by atoms with Gasteiger partial charge in [0.05, 0.1) is 32.2 Å². The molecule has 4 N–H and O–H groups in total. The van der Waals surface area contributed by atoms with Gasteiger partial charge in [-0.2, -0.15) is 0 Å². The van der Waals surface area contributed by atoms with Crippen LogP contribution >= 0.6 is 0 Å². The molecule has 1 aliphatic rings. The molecule has 0 aromatic heterocycles. The van der Waals surface area contributed by atoms with Gasteiger partial charge in [0.2, 0.25) is 0 Å². The summed E-state index contributed by atoms with van der Waals surface area (Å²) in [5, 5.41) is 2.07. The zero-order valence-electron chi connectivity index (χ0n) is 9.62. The van der Waals surface area contributed by atoms with E-state index < -0.39 is 6.03 Å². The number of imide groups is 1. The van der Waals surface area contributed by atoms with Gasteiger partial charge < -0.3 is 27.9 Å². The van der Waals surface area contributed by atoms with Crippen molar-refractivity contribution in [3.8, 4) is 0 Å². The molecule has 0 saturated carbocycles. The Hall–Kier alpha value is -1.01. The fraction of sp³-hybridized carbons (Fsp3) is 0.778. The maximum atomic E-state index is 11.4. The topological polar surface area (TPSA) is 79.9 Å². The molecule has 1 saturated heterocycles. The number of nitrogens with zero attached hydrogens (tertiary/aromatic N) is 1. The summed E-state index contributed by atoms with van der Waals surface area (Å²) in [6.45, 7) is 7.51. The van der Waals surface area contributed by atoms with Crippen molar-refractivity contribution in [2.24, 2.45) is 5.73 Å². The van der Waals surface area contributed by atoms with Gasteiger partial charge in [0.25, 0.3) is 0 Å². The smallest absolute Gasteiger partial charge is 0.325 e. The van der Waals surface area contributed by atoms with E-state index in [9.17, 15) is 9.59 Å². The summed E-state index contributed by atoms with van der Waals surface area (Å²) in [4.78, 5) is 25.0. The summed E-state index contributed by atoms with van der Waals surface area (Å²) in [5.41, 5.74) is 4.87. The predicted octanol–water partition coefficient (Wildman–Crippen LogP) is -4.61. The average molecular weight is 251 g/mol. The van der Waals surface area contributed by atoms with E-state index in [1.165, 1.54) is 4.90 Å².